The number of H-pyrrole nitrogens is 2. The zero-order valence-corrected chi connectivity index (χ0v) is 32.9. The number of amides is 2. The molecule has 2 aliphatic rings. The second kappa shape index (κ2) is 14.3. The van der Waals surface area contributed by atoms with Crippen LogP contribution in [0.3, 0.4) is 0 Å². The molecule has 4 unspecified atom stereocenters. The van der Waals surface area contributed by atoms with E-state index in [0.717, 1.165) is 78.2 Å². The van der Waals surface area contributed by atoms with Crippen LogP contribution in [0.2, 0.25) is 0 Å². The number of rotatable bonds is 9. The average Bonchev–Trinajstić information content (AvgIpc) is 3.94. The van der Waals surface area contributed by atoms with Crippen LogP contribution < -0.4 is 4.90 Å². The summed E-state index contributed by atoms with van der Waals surface area (Å²) in [5, 5.41) is 0. The van der Waals surface area contributed by atoms with E-state index in [1.54, 1.807) is 0 Å². The Kier molecular flexibility index (Phi) is 9.89. The SMILES string of the molecule is CC(C(=O)N1CCCC1c1nc2ccc(CN(Cc3ccc4nc(C5CCCN5C(=O)C(C)C(C)(C)C)[nH]c4c3)c3ccccc3)cc2[nH]1)C(C)(C)C. The summed E-state index contributed by atoms with van der Waals surface area (Å²) in [5.74, 6) is 2.07. The topological polar surface area (TPSA) is 101 Å². The lowest BCUT2D eigenvalue weighted by Gasteiger charge is -2.32. The van der Waals surface area contributed by atoms with Gasteiger partial charge in [0, 0.05) is 43.7 Å². The van der Waals surface area contributed by atoms with Crippen LogP contribution in [0.5, 0.6) is 0 Å². The second-order valence-corrected chi connectivity index (χ2v) is 17.7. The first kappa shape index (κ1) is 36.7. The summed E-state index contributed by atoms with van der Waals surface area (Å²) < 4.78 is 0. The van der Waals surface area contributed by atoms with E-state index in [4.69, 9.17) is 9.97 Å². The second-order valence-electron chi connectivity index (χ2n) is 17.7. The molecule has 2 aromatic heterocycles. The normalized spacial score (nSPS) is 19.3. The number of likely N-dealkylation sites (tertiary alicyclic amines) is 2. The van der Waals surface area contributed by atoms with Crippen LogP contribution in [0, 0.1) is 22.7 Å². The predicted octanol–water partition coefficient (Wildman–Crippen LogP) is 9.34. The van der Waals surface area contributed by atoms with Gasteiger partial charge in [-0.1, -0.05) is 85.7 Å². The van der Waals surface area contributed by atoms with Crippen molar-refractivity contribution in [3.05, 3.63) is 89.5 Å². The minimum atomic E-state index is -0.0889. The molecule has 7 rings (SSSR count). The van der Waals surface area contributed by atoms with E-state index < -0.39 is 0 Å². The van der Waals surface area contributed by atoms with Gasteiger partial charge in [-0.15, -0.1) is 0 Å². The number of carbonyl (C=O) groups is 2. The third-order valence-corrected chi connectivity index (χ3v) is 12.0. The smallest absolute Gasteiger partial charge is 0.226 e. The molecule has 280 valence electrons. The van der Waals surface area contributed by atoms with Crippen molar-refractivity contribution < 1.29 is 9.59 Å². The van der Waals surface area contributed by atoms with Gasteiger partial charge in [0.25, 0.3) is 0 Å². The lowest BCUT2D eigenvalue weighted by Crippen LogP contribution is -2.39. The fourth-order valence-corrected chi connectivity index (χ4v) is 7.85. The minimum absolute atomic E-state index is 0.0221. The largest absolute Gasteiger partial charge is 0.363 e. The third kappa shape index (κ3) is 7.58. The Hall–Kier alpha value is -4.66. The van der Waals surface area contributed by atoms with Gasteiger partial charge < -0.3 is 24.7 Å². The summed E-state index contributed by atoms with van der Waals surface area (Å²) in [6, 6.07) is 23.5. The van der Waals surface area contributed by atoms with Crippen LogP contribution in [-0.2, 0) is 22.7 Å². The summed E-state index contributed by atoms with van der Waals surface area (Å²) in [6.07, 6.45) is 3.82. The van der Waals surface area contributed by atoms with E-state index >= 15 is 0 Å². The van der Waals surface area contributed by atoms with Gasteiger partial charge in [-0.2, -0.15) is 0 Å². The lowest BCUT2D eigenvalue weighted by atomic mass is 9.81. The Morgan fingerprint density at radius 2 is 1.13 bits per heavy atom. The summed E-state index contributed by atoms with van der Waals surface area (Å²) >= 11 is 0. The Balaban J connectivity index is 1.11. The Labute approximate surface area is 314 Å². The van der Waals surface area contributed by atoms with E-state index in [-0.39, 0.29) is 46.6 Å². The maximum atomic E-state index is 13.5. The van der Waals surface area contributed by atoms with E-state index in [1.165, 1.54) is 11.1 Å². The Morgan fingerprint density at radius 1 is 0.698 bits per heavy atom. The number of aromatic nitrogens is 4. The number of fused-ring (bicyclic) bond motifs is 2. The van der Waals surface area contributed by atoms with Crippen LogP contribution >= 0.6 is 0 Å². The number of hydrogen-bond donors (Lipinski definition) is 2. The van der Waals surface area contributed by atoms with Crippen molar-refractivity contribution in [1.82, 2.24) is 29.7 Å². The number of para-hydroxylation sites is 1. The molecule has 53 heavy (non-hydrogen) atoms. The van der Waals surface area contributed by atoms with Crippen LogP contribution in [0.1, 0.15) is 116 Å². The van der Waals surface area contributed by atoms with Gasteiger partial charge in [0.1, 0.15) is 11.6 Å². The molecule has 2 fully saturated rings. The van der Waals surface area contributed by atoms with Crippen LogP contribution in [-0.4, -0.2) is 54.6 Å². The number of imidazole rings is 2. The van der Waals surface area contributed by atoms with Crippen molar-refractivity contribution in [3.8, 4) is 0 Å². The lowest BCUT2D eigenvalue weighted by molar-refractivity contribution is -0.140. The number of nitrogens with zero attached hydrogens (tertiary/aromatic N) is 5. The van der Waals surface area contributed by atoms with Gasteiger partial charge in [0.2, 0.25) is 11.8 Å². The van der Waals surface area contributed by atoms with Crippen LogP contribution in [0.15, 0.2) is 66.7 Å². The number of anilines is 1. The Bertz CT molecular complexity index is 1960. The van der Waals surface area contributed by atoms with Crippen molar-refractivity contribution >= 4 is 39.6 Å². The van der Waals surface area contributed by atoms with Gasteiger partial charge in [-0.3, -0.25) is 9.59 Å². The number of hydrogen-bond acceptors (Lipinski definition) is 5. The molecule has 2 aliphatic heterocycles. The molecule has 0 saturated carbocycles. The van der Waals surface area contributed by atoms with E-state index in [1.807, 2.05) is 23.6 Å². The number of nitrogens with one attached hydrogen (secondary N) is 2. The summed E-state index contributed by atoms with van der Waals surface area (Å²) in [7, 11) is 0. The van der Waals surface area contributed by atoms with Crippen LogP contribution in [0.25, 0.3) is 22.1 Å². The summed E-state index contributed by atoms with van der Waals surface area (Å²) in [6.45, 7) is 19.9. The predicted molar refractivity (Wildman–Crippen MR) is 213 cm³/mol. The number of carbonyl (C=O) groups excluding carboxylic acids is 2. The highest BCUT2D eigenvalue weighted by Crippen LogP contribution is 2.38. The molecule has 2 N–H and O–H groups in total. The van der Waals surface area contributed by atoms with Crippen molar-refractivity contribution in [2.24, 2.45) is 22.7 Å². The number of benzene rings is 3. The van der Waals surface area contributed by atoms with Crippen molar-refractivity contribution in [1.29, 1.82) is 0 Å². The fourth-order valence-electron chi connectivity index (χ4n) is 7.85. The van der Waals surface area contributed by atoms with Gasteiger partial charge in [-0.05, 0) is 84.0 Å². The minimum Gasteiger partial charge on any atom is -0.363 e. The quantitative estimate of drug-likeness (QED) is 0.158. The molecular formula is C44H57N7O2. The highest BCUT2D eigenvalue weighted by molar-refractivity contribution is 5.82. The molecule has 0 spiro atoms. The van der Waals surface area contributed by atoms with Gasteiger partial charge in [-0.25, -0.2) is 9.97 Å². The molecule has 0 aliphatic carbocycles. The fraction of sp³-hybridized carbons (Fsp3) is 0.500. The molecular weight excluding hydrogens is 659 g/mol. The van der Waals surface area contributed by atoms with Gasteiger partial charge in [0.05, 0.1) is 34.2 Å². The van der Waals surface area contributed by atoms with E-state index in [9.17, 15) is 9.59 Å². The monoisotopic (exact) mass is 715 g/mol. The Morgan fingerprint density at radius 3 is 1.55 bits per heavy atom. The first-order valence-electron chi connectivity index (χ1n) is 19.6. The summed E-state index contributed by atoms with van der Waals surface area (Å²) in [5.41, 5.74) is 7.17. The maximum absolute atomic E-state index is 13.5. The zero-order chi connectivity index (χ0) is 37.7. The molecule has 4 atom stereocenters. The zero-order valence-electron chi connectivity index (χ0n) is 32.9. The third-order valence-electron chi connectivity index (χ3n) is 12.0. The first-order chi connectivity index (χ1) is 25.2. The highest BCUT2D eigenvalue weighted by atomic mass is 16.2. The van der Waals surface area contributed by atoms with Crippen molar-refractivity contribution in [2.75, 3.05) is 18.0 Å². The molecule has 5 aromatic rings. The molecule has 2 saturated heterocycles. The standard InChI is InChI=1S/C44H57N7O2/c1-28(43(3,4)5)41(52)50-22-12-16-37(50)39-45-33-20-18-30(24-35(33)47-39)26-49(32-14-10-9-11-15-32)27-31-19-21-34-36(25-31)48-40(46-34)38-17-13-23-51(38)42(53)29(2)44(6,7)8/h9-11,14-15,18-21,24-25,28-29,37-38H,12-13,16-17,22-23,26-27H2,1-8H3,(H,45,47)(H,46,48). The molecule has 2 amide bonds. The molecule has 3 aromatic carbocycles. The highest BCUT2D eigenvalue weighted by Gasteiger charge is 2.39. The first-order valence-corrected chi connectivity index (χ1v) is 19.6. The van der Waals surface area contributed by atoms with Crippen LogP contribution in [0.4, 0.5) is 5.69 Å². The van der Waals surface area contributed by atoms with E-state index in [2.05, 4.69) is 123 Å². The van der Waals surface area contributed by atoms with Gasteiger partial charge in [0.15, 0.2) is 0 Å². The summed E-state index contributed by atoms with van der Waals surface area (Å²) in [4.78, 5) is 50.8. The molecule has 9 nitrogen and oxygen atoms in total. The molecule has 4 heterocycles. The molecule has 0 radical (unpaired) electrons. The van der Waals surface area contributed by atoms with E-state index in [0.29, 0.717) is 13.1 Å². The van der Waals surface area contributed by atoms with Gasteiger partial charge >= 0.3 is 0 Å². The van der Waals surface area contributed by atoms with Crippen molar-refractivity contribution in [3.63, 3.8) is 0 Å². The molecule has 9 heteroatoms. The number of aromatic amines is 2. The van der Waals surface area contributed by atoms with Crippen molar-refractivity contribution in [2.45, 2.75) is 106 Å². The maximum Gasteiger partial charge on any atom is 0.226 e. The average molecular weight is 716 g/mol. The molecule has 0 bridgehead atoms.